The number of carbonyl (C=O) groups excluding carboxylic acids is 1. The number of hydrogen-bond acceptors (Lipinski definition) is 2. The van der Waals surface area contributed by atoms with Crippen molar-refractivity contribution in [2.24, 2.45) is 5.92 Å². The van der Waals surface area contributed by atoms with Gasteiger partial charge in [0, 0.05) is 5.92 Å². The van der Waals surface area contributed by atoms with Crippen LogP contribution < -0.4 is 0 Å². The van der Waals surface area contributed by atoms with Crippen molar-refractivity contribution in [1.82, 2.24) is 0 Å². The summed E-state index contributed by atoms with van der Waals surface area (Å²) in [6.07, 6.45) is 0. The molecule has 0 aliphatic carbocycles. The second-order valence-corrected chi connectivity index (χ2v) is 3.04. The zero-order chi connectivity index (χ0) is 9.14. The van der Waals surface area contributed by atoms with Crippen LogP contribution in [0.1, 0.15) is 24.2 Å². The molecule has 1 aromatic carbocycles. The summed E-state index contributed by atoms with van der Waals surface area (Å²) < 4.78 is 0. The molecule has 0 aliphatic rings. The first-order valence-electron chi connectivity index (χ1n) is 3.95. The first-order chi connectivity index (χ1) is 5.63. The molecule has 0 bridgehead atoms. The second-order valence-electron chi connectivity index (χ2n) is 3.04. The zero-order valence-electron chi connectivity index (χ0n) is 7.24. The van der Waals surface area contributed by atoms with Crippen LogP contribution in [0.3, 0.4) is 0 Å². The average molecular weight is 164 g/mol. The summed E-state index contributed by atoms with van der Waals surface area (Å²) in [5.41, 5.74) is 0.410. The highest BCUT2D eigenvalue weighted by atomic mass is 16.3. The summed E-state index contributed by atoms with van der Waals surface area (Å²) in [5, 5.41) is 9.31. The minimum atomic E-state index is -0.0710. The van der Waals surface area contributed by atoms with E-state index in [9.17, 15) is 9.90 Å². The molecule has 0 unspecified atom stereocenters. The maximum atomic E-state index is 11.4. The number of carbonyl (C=O) groups is 1. The van der Waals surface area contributed by atoms with Gasteiger partial charge in [-0.15, -0.1) is 0 Å². The second kappa shape index (κ2) is 3.39. The summed E-state index contributed by atoms with van der Waals surface area (Å²) in [5.74, 6) is -0.0254. The number of phenols is 1. The standard InChI is InChI=1S/C10H12O2/c1-7(2)10(12)8-5-3-4-6-9(8)11/h3-7,11H,1-2H3. The van der Waals surface area contributed by atoms with Crippen LogP contribution in [0.5, 0.6) is 5.75 Å². The summed E-state index contributed by atoms with van der Waals surface area (Å²) >= 11 is 0. The van der Waals surface area contributed by atoms with E-state index in [1.165, 1.54) is 6.07 Å². The van der Waals surface area contributed by atoms with Crippen molar-refractivity contribution in [3.63, 3.8) is 0 Å². The zero-order valence-corrected chi connectivity index (χ0v) is 7.24. The molecule has 0 aliphatic heterocycles. The van der Waals surface area contributed by atoms with Crippen molar-refractivity contribution in [3.05, 3.63) is 29.8 Å². The van der Waals surface area contributed by atoms with Gasteiger partial charge in [-0.1, -0.05) is 26.0 Å². The Hall–Kier alpha value is -1.31. The van der Waals surface area contributed by atoms with Crippen LogP contribution in [-0.4, -0.2) is 10.9 Å². The molecule has 2 nitrogen and oxygen atoms in total. The van der Waals surface area contributed by atoms with Gasteiger partial charge >= 0.3 is 0 Å². The van der Waals surface area contributed by atoms with Gasteiger partial charge in [0.25, 0.3) is 0 Å². The van der Waals surface area contributed by atoms with Crippen LogP contribution in [0, 0.1) is 5.92 Å². The number of para-hydroxylation sites is 1. The lowest BCUT2D eigenvalue weighted by Crippen LogP contribution is -2.07. The molecule has 2 heteroatoms. The maximum Gasteiger partial charge on any atom is 0.169 e. The molecule has 0 amide bonds. The third-order valence-electron chi connectivity index (χ3n) is 1.69. The lowest BCUT2D eigenvalue weighted by Gasteiger charge is -2.04. The largest absolute Gasteiger partial charge is 0.507 e. The number of phenolic OH excluding ortho intramolecular Hbond substituents is 1. The van der Waals surface area contributed by atoms with E-state index in [4.69, 9.17) is 0 Å². The van der Waals surface area contributed by atoms with E-state index < -0.39 is 0 Å². The normalized spacial score (nSPS) is 10.2. The molecule has 12 heavy (non-hydrogen) atoms. The highest BCUT2D eigenvalue weighted by Crippen LogP contribution is 2.18. The lowest BCUT2D eigenvalue weighted by atomic mass is 10.0. The molecule has 0 saturated carbocycles. The monoisotopic (exact) mass is 164 g/mol. The highest BCUT2D eigenvalue weighted by molar-refractivity contribution is 5.99. The van der Waals surface area contributed by atoms with Crippen molar-refractivity contribution in [1.29, 1.82) is 0 Å². The number of benzene rings is 1. The number of rotatable bonds is 2. The molecule has 0 aromatic heterocycles. The van der Waals surface area contributed by atoms with Crippen LogP contribution in [0.4, 0.5) is 0 Å². The van der Waals surface area contributed by atoms with Crippen LogP contribution in [0.2, 0.25) is 0 Å². The Labute approximate surface area is 71.8 Å². The molecule has 1 aromatic rings. The number of aromatic hydroxyl groups is 1. The SMILES string of the molecule is CC(C)C(=O)c1ccccc1O. The Morgan fingerprint density at radius 3 is 2.42 bits per heavy atom. The summed E-state index contributed by atoms with van der Waals surface area (Å²) in [7, 11) is 0. The Morgan fingerprint density at radius 1 is 1.33 bits per heavy atom. The van der Waals surface area contributed by atoms with E-state index in [0.29, 0.717) is 5.56 Å². The first kappa shape index (κ1) is 8.78. The molecule has 0 fully saturated rings. The van der Waals surface area contributed by atoms with Crippen molar-refractivity contribution >= 4 is 5.78 Å². The summed E-state index contributed by atoms with van der Waals surface area (Å²) in [6, 6.07) is 6.61. The first-order valence-corrected chi connectivity index (χ1v) is 3.95. The van der Waals surface area contributed by atoms with Crippen molar-refractivity contribution in [3.8, 4) is 5.75 Å². The predicted molar refractivity (Wildman–Crippen MR) is 47.3 cm³/mol. The molecule has 0 heterocycles. The third kappa shape index (κ3) is 1.64. The van der Waals surface area contributed by atoms with Gasteiger partial charge < -0.3 is 5.11 Å². The number of ketones is 1. The van der Waals surface area contributed by atoms with Crippen molar-refractivity contribution in [2.75, 3.05) is 0 Å². The molecular weight excluding hydrogens is 152 g/mol. The van der Waals surface area contributed by atoms with E-state index in [1.54, 1.807) is 18.2 Å². The molecule has 1 rings (SSSR count). The highest BCUT2D eigenvalue weighted by Gasteiger charge is 2.13. The molecule has 1 N–H and O–H groups in total. The van der Waals surface area contributed by atoms with Gasteiger partial charge in [-0.3, -0.25) is 4.79 Å². The molecule has 0 atom stereocenters. The Bertz CT molecular complexity index is 290. The van der Waals surface area contributed by atoms with E-state index in [0.717, 1.165) is 0 Å². The fourth-order valence-corrected chi connectivity index (χ4v) is 0.993. The average Bonchev–Trinajstić information content (AvgIpc) is 2.04. The van der Waals surface area contributed by atoms with Gasteiger partial charge in [-0.2, -0.15) is 0 Å². The van der Waals surface area contributed by atoms with E-state index in [1.807, 2.05) is 13.8 Å². The van der Waals surface area contributed by atoms with E-state index in [-0.39, 0.29) is 17.5 Å². The molecule has 0 saturated heterocycles. The summed E-state index contributed by atoms with van der Waals surface area (Å²) in [6.45, 7) is 3.63. The third-order valence-corrected chi connectivity index (χ3v) is 1.69. The van der Waals surface area contributed by atoms with E-state index in [2.05, 4.69) is 0 Å². The minimum Gasteiger partial charge on any atom is -0.507 e. The Balaban J connectivity index is 3.03. The topological polar surface area (TPSA) is 37.3 Å². The van der Waals surface area contributed by atoms with Crippen LogP contribution >= 0.6 is 0 Å². The van der Waals surface area contributed by atoms with E-state index >= 15 is 0 Å². The minimum absolute atomic E-state index is 0.0203. The van der Waals surface area contributed by atoms with Crippen molar-refractivity contribution < 1.29 is 9.90 Å². The lowest BCUT2D eigenvalue weighted by molar-refractivity contribution is 0.0936. The fraction of sp³-hybridized carbons (Fsp3) is 0.300. The molecular formula is C10H12O2. The quantitative estimate of drug-likeness (QED) is 0.680. The Morgan fingerprint density at radius 2 is 1.92 bits per heavy atom. The Kier molecular flexibility index (Phi) is 2.48. The number of Topliss-reactive ketones (excluding diaryl/α,β-unsaturated/α-hetero) is 1. The molecule has 0 spiro atoms. The van der Waals surface area contributed by atoms with Crippen molar-refractivity contribution in [2.45, 2.75) is 13.8 Å². The van der Waals surface area contributed by atoms with Crippen LogP contribution in [0.25, 0.3) is 0 Å². The van der Waals surface area contributed by atoms with Crippen LogP contribution in [-0.2, 0) is 0 Å². The van der Waals surface area contributed by atoms with Gasteiger partial charge in [-0.05, 0) is 12.1 Å². The molecule has 0 radical (unpaired) electrons. The van der Waals surface area contributed by atoms with Gasteiger partial charge in [0.05, 0.1) is 5.56 Å². The maximum absolute atomic E-state index is 11.4. The fourth-order valence-electron chi connectivity index (χ4n) is 0.993. The van der Waals surface area contributed by atoms with Gasteiger partial charge in [0.1, 0.15) is 5.75 Å². The van der Waals surface area contributed by atoms with Gasteiger partial charge in [0.15, 0.2) is 5.78 Å². The smallest absolute Gasteiger partial charge is 0.169 e. The summed E-state index contributed by atoms with van der Waals surface area (Å²) in [4.78, 5) is 11.4. The van der Waals surface area contributed by atoms with Gasteiger partial charge in [0.2, 0.25) is 0 Å². The predicted octanol–water partition coefficient (Wildman–Crippen LogP) is 2.23. The molecule has 64 valence electrons. The van der Waals surface area contributed by atoms with Gasteiger partial charge in [-0.25, -0.2) is 0 Å². The number of hydrogen-bond donors (Lipinski definition) is 1. The van der Waals surface area contributed by atoms with Crippen LogP contribution in [0.15, 0.2) is 24.3 Å².